The highest BCUT2D eigenvalue weighted by atomic mass is 127. The van der Waals surface area contributed by atoms with E-state index in [9.17, 15) is 4.79 Å². The smallest absolute Gasteiger partial charge is 0.159 e. The molecule has 0 aliphatic carbocycles. The zero-order chi connectivity index (χ0) is 13.8. The quantitative estimate of drug-likeness (QED) is 0.593. The first kappa shape index (κ1) is 14.1. The Labute approximate surface area is 126 Å². The second kappa shape index (κ2) is 6.19. The number of carbonyl (C=O) groups is 1. The fourth-order valence-electron chi connectivity index (χ4n) is 1.77. The maximum absolute atomic E-state index is 11.3. The molecule has 3 heteroatoms. The number of rotatable bonds is 4. The van der Waals surface area contributed by atoms with Gasteiger partial charge in [0.15, 0.2) is 5.78 Å². The Morgan fingerprint density at radius 1 is 1.16 bits per heavy atom. The molecule has 2 rings (SSSR count). The van der Waals surface area contributed by atoms with E-state index in [4.69, 9.17) is 4.74 Å². The molecule has 0 saturated heterocycles. The first-order valence-corrected chi connectivity index (χ1v) is 7.13. The predicted octanol–water partition coefficient (Wildman–Crippen LogP) is 4.38. The average molecular weight is 366 g/mol. The van der Waals surface area contributed by atoms with Gasteiger partial charge in [0.1, 0.15) is 12.4 Å². The van der Waals surface area contributed by atoms with Crippen LogP contribution in [-0.4, -0.2) is 5.78 Å². The van der Waals surface area contributed by atoms with Crippen molar-refractivity contribution < 1.29 is 9.53 Å². The monoisotopic (exact) mass is 366 g/mol. The molecule has 0 N–H and O–H groups in total. The van der Waals surface area contributed by atoms with Crippen molar-refractivity contribution in [3.05, 3.63) is 62.7 Å². The fraction of sp³-hybridized carbons (Fsp3) is 0.188. The molecule has 0 aliphatic heterocycles. The standard InChI is InChI=1S/C16H15IO2/c1-11-9-14(12(2)18)5-8-16(11)19-10-13-3-6-15(17)7-4-13/h3-9H,10H2,1-2H3. The van der Waals surface area contributed by atoms with Gasteiger partial charge >= 0.3 is 0 Å². The van der Waals surface area contributed by atoms with Crippen LogP contribution in [0.25, 0.3) is 0 Å². The van der Waals surface area contributed by atoms with Crippen LogP contribution in [0.5, 0.6) is 5.75 Å². The molecule has 19 heavy (non-hydrogen) atoms. The Bertz CT molecular complexity index is 588. The molecule has 0 bridgehead atoms. The lowest BCUT2D eigenvalue weighted by molar-refractivity contribution is 0.101. The molecule has 2 aromatic rings. The van der Waals surface area contributed by atoms with Crippen LogP contribution >= 0.6 is 22.6 Å². The first-order chi connectivity index (χ1) is 9.06. The van der Waals surface area contributed by atoms with Gasteiger partial charge in [0, 0.05) is 9.13 Å². The van der Waals surface area contributed by atoms with Gasteiger partial charge in [-0.3, -0.25) is 4.79 Å². The van der Waals surface area contributed by atoms with Crippen LogP contribution < -0.4 is 4.74 Å². The molecule has 0 radical (unpaired) electrons. The molecule has 0 aromatic heterocycles. The maximum Gasteiger partial charge on any atom is 0.159 e. The number of carbonyl (C=O) groups excluding carboxylic acids is 1. The minimum absolute atomic E-state index is 0.0762. The summed E-state index contributed by atoms with van der Waals surface area (Å²) in [5, 5.41) is 0. The van der Waals surface area contributed by atoms with Gasteiger partial charge in [-0.05, 0) is 77.9 Å². The number of ketones is 1. The SMILES string of the molecule is CC(=O)c1ccc(OCc2ccc(I)cc2)c(C)c1. The summed E-state index contributed by atoms with van der Waals surface area (Å²) in [6.07, 6.45) is 0. The van der Waals surface area contributed by atoms with E-state index < -0.39 is 0 Å². The minimum atomic E-state index is 0.0762. The van der Waals surface area contributed by atoms with Crippen molar-refractivity contribution >= 4 is 28.4 Å². The van der Waals surface area contributed by atoms with Gasteiger partial charge in [-0.1, -0.05) is 12.1 Å². The molecule has 2 aromatic carbocycles. The van der Waals surface area contributed by atoms with E-state index in [0.29, 0.717) is 6.61 Å². The number of halogens is 1. The lowest BCUT2D eigenvalue weighted by Crippen LogP contribution is -1.99. The third-order valence-corrected chi connectivity index (χ3v) is 3.61. The van der Waals surface area contributed by atoms with E-state index in [2.05, 4.69) is 46.9 Å². The van der Waals surface area contributed by atoms with Crippen LogP contribution in [0.3, 0.4) is 0 Å². The Kier molecular flexibility index (Phi) is 4.58. The fourth-order valence-corrected chi connectivity index (χ4v) is 2.13. The number of Topliss-reactive ketones (excluding diaryl/α,β-unsaturated/α-hetero) is 1. The molecule has 0 spiro atoms. The van der Waals surface area contributed by atoms with Gasteiger partial charge in [0.2, 0.25) is 0 Å². The highest BCUT2D eigenvalue weighted by molar-refractivity contribution is 14.1. The van der Waals surface area contributed by atoms with Gasteiger partial charge in [-0.25, -0.2) is 0 Å². The Morgan fingerprint density at radius 2 is 1.84 bits per heavy atom. The lowest BCUT2D eigenvalue weighted by Gasteiger charge is -2.10. The summed E-state index contributed by atoms with van der Waals surface area (Å²) in [5.41, 5.74) is 2.84. The number of hydrogen-bond acceptors (Lipinski definition) is 2. The van der Waals surface area contributed by atoms with Gasteiger partial charge in [-0.2, -0.15) is 0 Å². The number of benzene rings is 2. The Morgan fingerprint density at radius 3 is 2.42 bits per heavy atom. The number of ether oxygens (including phenoxy) is 1. The number of hydrogen-bond donors (Lipinski definition) is 0. The van der Waals surface area contributed by atoms with Crippen molar-refractivity contribution in [3.63, 3.8) is 0 Å². The van der Waals surface area contributed by atoms with E-state index in [1.807, 2.05) is 19.1 Å². The summed E-state index contributed by atoms with van der Waals surface area (Å²) in [6, 6.07) is 13.8. The van der Waals surface area contributed by atoms with Crippen molar-refractivity contribution in [2.75, 3.05) is 0 Å². The number of aryl methyl sites for hydroxylation is 1. The van der Waals surface area contributed by atoms with Crippen molar-refractivity contribution in [1.29, 1.82) is 0 Å². The highest BCUT2D eigenvalue weighted by Gasteiger charge is 2.04. The third kappa shape index (κ3) is 3.80. The summed E-state index contributed by atoms with van der Waals surface area (Å²) >= 11 is 2.28. The molecule has 0 unspecified atom stereocenters. The average Bonchev–Trinajstić information content (AvgIpc) is 2.39. The minimum Gasteiger partial charge on any atom is -0.489 e. The topological polar surface area (TPSA) is 26.3 Å². The normalized spacial score (nSPS) is 10.3. The summed E-state index contributed by atoms with van der Waals surface area (Å²) in [5.74, 6) is 0.899. The summed E-state index contributed by atoms with van der Waals surface area (Å²) in [7, 11) is 0. The second-order valence-electron chi connectivity index (χ2n) is 4.45. The van der Waals surface area contributed by atoms with Crippen molar-refractivity contribution in [3.8, 4) is 5.75 Å². The van der Waals surface area contributed by atoms with Crippen LogP contribution in [0.2, 0.25) is 0 Å². The largest absolute Gasteiger partial charge is 0.489 e. The first-order valence-electron chi connectivity index (χ1n) is 6.05. The van der Waals surface area contributed by atoms with Crippen molar-refractivity contribution in [1.82, 2.24) is 0 Å². The molecule has 98 valence electrons. The van der Waals surface area contributed by atoms with E-state index in [1.54, 1.807) is 13.0 Å². The van der Waals surface area contributed by atoms with Crippen molar-refractivity contribution in [2.45, 2.75) is 20.5 Å². The molecular weight excluding hydrogens is 351 g/mol. The summed E-state index contributed by atoms with van der Waals surface area (Å²) < 4.78 is 7.00. The van der Waals surface area contributed by atoms with Gasteiger partial charge in [0.05, 0.1) is 0 Å². The summed E-state index contributed by atoms with van der Waals surface area (Å²) in [6.45, 7) is 4.06. The van der Waals surface area contributed by atoms with E-state index in [0.717, 1.165) is 22.4 Å². The molecule has 0 amide bonds. The van der Waals surface area contributed by atoms with E-state index in [-0.39, 0.29) is 5.78 Å². The highest BCUT2D eigenvalue weighted by Crippen LogP contribution is 2.21. The molecule has 0 heterocycles. The molecular formula is C16H15IO2. The van der Waals surface area contributed by atoms with Gasteiger partial charge in [0.25, 0.3) is 0 Å². The van der Waals surface area contributed by atoms with Crippen LogP contribution in [0.1, 0.15) is 28.4 Å². The lowest BCUT2D eigenvalue weighted by atomic mass is 10.1. The van der Waals surface area contributed by atoms with Gasteiger partial charge < -0.3 is 4.74 Å². The van der Waals surface area contributed by atoms with Gasteiger partial charge in [-0.15, -0.1) is 0 Å². The zero-order valence-corrected chi connectivity index (χ0v) is 13.1. The Balaban J connectivity index is 2.07. The maximum atomic E-state index is 11.3. The van der Waals surface area contributed by atoms with E-state index >= 15 is 0 Å². The van der Waals surface area contributed by atoms with Crippen LogP contribution in [0.15, 0.2) is 42.5 Å². The van der Waals surface area contributed by atoms with Crippen molar-refractivity contribution in [2.24, 2.45) is 0 Å². The van der Waals surface area contributed by atoms with Crippen LogP contribution in [-0.2, 0) is 6.61 Å². The molecule has 0 fully saturated rings. The molecule has 2 nitrogen and oxygen atoms in total. The molecule has 0 saturated carbocycles. The Hall–Kier alpha value is -1.36. The molecule has 0 atom stereocenters. The second-order valence-corrected chi connectivity index (χ2v) is 5.70. The predicted molar refractivity (Wildman–Crippen MR) is 84.7 cm³/mol. The molecule has 0 aliphatic rings. The van der Waals surface area contributed by atoms with Crippen LogP contribution in [0, 0.1) is 10.5 Å². The van der Waals surface area contributed by atoms with Crippen LogP contribution in [0.4, 0.5) is 0 Å². The zero-order valence-electron chi connectivity index (χ0n) is 10.9. The van der Waals surface area contributed by atoms with E-state index in [1.165, 1.54) is 3.57 Å². The summed E-state index contributed by atoms with van der Waals surface area (Å²) in [4.78, 5) is 11.3. The third-order valence-electron chi connectivity index (χ3n) is 2.89.